The molecule has 1 aromatic carbocycles. The first-order valence-corrected chi connectivity index (χ1v) is 19.6. The molecule has 0 saturated carbocycles. The van der Waals surface area contributed by atoms with E-state index in [1.165, 1.54) is 4.90 Å². The molecule has 0 radical (unpaired) electrons. The van der Waals surface area contributed by atoms with E-state index in [-0.39, 0.29) is 32.2 Å². The molecule has 60 heavy (non-hydrogen) atoms. The van der Waals surface area contributed by atoms with Crippen molar-refractivity contribution in [2.75, 3.05) is 13.1 Å². The molecule has 6 unspecified atom stereocenters. The van der Waals surface area contributed by atoms with E-state index in [2.05, 4.69) is 26.6 Å². The fraction of sp³-hybridized carbons (Fsp3) is 0.564. The fourth-order valence-corrected chi connectivity index (χ4v) is 6.40. The van der Waals surface area contributed by atoms with Gasteiger partial charge in [0.25, 0.3) is 5.91 Å². The van der Waals surface area contributed by atoms with Crippen molar-refractivity contribution in [1.82, 2.24) is 36.8 Å². The number of nitrogens with zero attached hydrogens (tertiary/aromatic N) is 1. The summed E-state index contributed by atoms with van der Waals surface area (Å²) in [5, 5.41) is 41.7. The molecule has 0 spiro atoms. The van der Waals surface area contributed by atoms with Crippen molar-refractivity contribution in [2.45, 2.75) is 122 Å². The minimum atomic E-state index is -1.57. The predicted molar refractivity (Wildman–Crippen MR) is 209 cm³/mol. The molecule has 1 aliphatic rings. The van der Waals surface area contributed by atoms with Crippen molar-refractivity contribution in [1.29, 1.82) is 0 Å². The van der Waals surface area contributed by atoms with Crippen LogP contribution in [0.25, 0.3) is 0 Å². The van der Waals surface area contributed by atoms with Crippen molar-refractivity contribution < 1.29 is 68.1 Å². The Kier molecular flexibility index (Phi) is 20.3. The van der Waals surface area contributed by atoms with Crippen molar-refractivity contribution in [3.8, 4) is 0 Å². The number of aliphatic carboxylic acids is 3. The van der Waals surface area contributed by atoms with Crippen LogP contribution < -0.4 is 31.9 Å². The Labute approximate surface area is 346 Å². The van der Waals surface area contributed by atoms with E-state index in [0.29, 0.717) is 18.4 Å². The topological polar surface area (TPSA) is 324 Å². The number of carboxylic acids is 3. The highest BCUT2D eigenvalue weighted by molar-refractivity contribution is 6.38. The number of likely N-dealkylation sites (tertiary alicyclic amines) is 1. The first-order valence-electron chi connectivity index (χ1n) is 19.6. The highest BCUT2D eigenvalue weighted by Crippen LogP contribution is 2.21. The van der Waals surface area contributed by atoms with Gasteiger partial charge < -0.3 is 52.1 Å². The summed E-state index contributed by atoms with van der Waals surface area (Å²) >= 11 is 0. The van der Waals surface area contributed by atoms with Crippen LogP contribution in [-0.4, -0.2) is 135 Å². The molecule has 21 nitrogen and oxygen atoms in total. The first-order chi connectivity index (χ1) is 28.2. The van der Waals surface area contributed by atoms with Crippen molar-refractivity contribution >= 4 is 65.0 Å². The van der Waals surface area contributed by atoms with Gasteiger partial charge in [-0.3, -0.25) is 52.7 Å². The van der Waals surface area contributed by atoms with Gasteiger partial charge in [0, 0.05) is 32.7 Å². The minimum absolute atomic E-state index is 0.0480. The van der Waals surface area contributed by atoms with Crippen molar-refractivity contribution in [3.05, 3.63) is 35.9 Å². The highest BCUT2D eigenvalue weighted by atomic mass is 16.4. The normalized spacial score (nSPS) is 15.9. The molecule has 1 heterocycles. The number of rotatable bonds is 25. The number of benzene rings is 1. The number of carbonyl (C=O) groups is 11. The van der Waals surface area contributed by atoms with Crippen LogP contribution in [0.4, 0.5) is 0 Å². The molecular weight excluding hydrogens is 790 g/mol. The first kappa shape index (κ1) is 49.7. The number of carboxylic acid groups (broad SMARTS) is 3. The molecule has 1 aromatic rings. The lowest BCUT2D eigenvalue weighted by Gasteiger charge is -2.32. The Hall–Kier alpha value is -6.41. The Bertz CT molecular complexity index is 1750. The maximum absolute atomic E-state index is 14.1. The van der Waals surface area contributed by atoms with E-state index in [9.17, 15) is 57.8 Å². The third-order valence-corrected chi connectivity index (χ3v) is 9.44. The summed E-state index contributed by atoms with van der Waals surface area (Å²) in [6.45, 7) is 5.37. The molecule has 0 aromatic heterocycles. The van der Waals surface area contributed by atoms with Gasteiger partial charge in [-0.05, 0) is 43.6 Å². The fourth-order valence-electron chi connectivity index (χ4n) is 6.40. The molecule has 1 aliphatic heterocycles. The Morgan fingerprint density at radius 2 is 1.25 bits per heavy atom. The quantitative estimate of drug-likeness (QED) is 0.0513. The maximum Gasteiger partial charge on any atom is 0.322 e. The standard InChI is InChI=1S/C39H55N7O14/c1-5-10-24(33(54)38(59)40-20-31(52)53)42-37(58)28-13-9-18-46(28)39(60)32(21(2)3)45-36(57)27(19-23-11-7-6-8-12-23)44-35(56)26(15-17-30(50)51)43-34(55)25(41-22(4)47)14-16-29(48)49/h6-8,11-12,21,24-28,32H,5,9-10,13-20H2,1-4H3,(H,40,59)(H,41,47)(H,42,58)(H,43,55)(H,44,56)(H,45,57)(H,48,49)(H,50,51)(H,52,53). The lowest BCUT2D eigenvalue weighted by molar-refractivity contribution is -0.145. The van der Waals surface area contributed by atoms with Gasteiger partial charge in [0.2, 0.25) is 41.2 Å². The van der Waals surface area contributed by atoms with Crippen LogP contribution in [-0.2, 0) is 59.2 Å². The van der Waals surface area contributed by atoms with Gasteiger partial charge in [0.05, 0.1) is 6.04 Å². The summed E-state index contributed by atoms with van der Waals surface area (Å²) in [5.41, 5.74) is 0.569. The zero-order chi connectivity index (χ0) is 45.1. The third-order valence-electron chi connectivity index (χ3n) is 9.44. The second-order valence-corrected chi connectivity index (χ2v) is 14.6. The molecular formula is C39H55N7O14. The van der Waals surface area contributed by atoms with Gasteiger partial charge >= 0.3 is 17.9 Å². The van der Waals surface area contributed by atoms with Crippen LogP contribution in [0, 0.1) is 5.92 Å². The van der Waals surface area contributed by atoms with E-state index in [1.807, 2.05) is 5.32 Å². The van der Waals surface area contributed by atoms with Crippen LogP contribution in [0.2, 0.25) is 0 Å². The Balaban J connectivity index is 2.36. The van der Waals surface area contributed by atoms with Gasteiger partial charge in [-0.2, -0.15) is 0 Å². The van der Waals surface area contributed by atoms with Gasteiger partial charge in [-0.25, -0.2) is 0 Å². The Morgan fingerprint density at radius 1 is 0.700 bits per heavy atom. The molecule has 7 amide bonds. The Morgan fingerprint density at radius 3 is 1.77 bits per heavy atom. The molecule has 330 valence electrons. The number of nitrogens with one attached hydrogen (secondary N) is 6. The zero-order valence-corrected chi connectivity index (χ0v) is 34.0. The van der Waals surface area contributed by atoms with Gasteiger partial charge in [0.1, 0.15) is 36.8 Å². The zero-order valence-electron chi connectivity index (χ0n) is 34.0. The van der Waals surface area contributed by atoms with Crippen LogP contribution in [0.15, 0.2) is 30.3 Å². The maximum atomic E-state index is 14.1. The molecule has 6 atom stereocenters. The number of ketones is 1. The molecule has 0 aliphatic carbocycles. The number of hydrogen-bond donors (Lipinski definition) is 9. The number of carbonyl (C=O) groups excluding carboxylic acids is 8. The van der Waals surface area contributed by atoms with E-state index in [0.717, 1.165) is 6.92 Å². The SMILES string of the molecule is CCCC(NC(=O)C1CCCN1C(=O)C(NC(=O)C(Cc1ccccc1)NC(=O)C(CCC(=O)O)NC(=O)C(CCC(=O)O)NC(C)=O)C(C)C)C(=O)C(=O)NCC(=O)O. The van der Waals surface area contributed by atoms with Gasteiger partial charge in [-0.15, -0.1) is 0 Å². The smallest absolute Gasteiger partial charge is 0.322 e. The summed E-state index contributed by atoms with van der Waals surface area (Å²) in [5.74, 6) is -11.7. The average Bonchev–Trinajstić information content (AvgIpc) is 3.68. The van der Waals surface area contributed by atoms with Gasteiger partial charge in [0.15, 0.2) is 0 Å². The lowest BCUT2D eigenvalue weighted by Crippen LogP contribution is -2.60. The van der Waals surface area contributed by atoms with Gasteiger partial charge in [-0.1, -0.05) is 57.5 Å². The average molecular weight is 846 g/mol. The van der Waals surface area contributed by atoms with E-state index in [1.54, 1.807) is 51.1 Å². The van der Waals surface area contributed by atoms with Crippen LogP contribution in [0.1, 0.15) is 84.6 Å². The summed E-state index contributed by atoms with van der Waals surface area (Å²) in [7, 11) is 0. The highest BCUT2D eigenvalue weighted by Gasteiger charge is 2.41. The molecule has 1 fully saturated rings. The summed E-state index contributed by atoms with van der Waals surface area (Å²) in [6, 6.07) is 0.382. The largest absolute Gasteiger partial charge is 0.481 e. The minimum Gasteiger partial charge on any atom is -0.481 e. The van der Waals surface area contributed by atoms with Crippen LogP contribution in [0.5, 0.6) is 0 Å². The summed E-state index contributed by atoms with van der Waals surface area (Å²) in [6.07, 6.45) is -1.08. The number of hydrogen-bond acceptors (Lipinski definition) is 11. The van der Waals surface area contributed by atoms with Crippen molar-refractivity contribution in [3.63, 3.8) is 0 Å². The molecule has 1 saturated heterocycles. The monoisotopic (exact) mass is 845 g/mol. The predicted octanol–water partition coefficient (Wildman–Crippen LogP) is -1.38. The van der Waals surface area contributed by atoms with Crippen molar-refractivity contribution in [2.24, 2.45) is 5.92 Å². The van der Waals surface area contributed by atoms with Crippen LogP contribution >= 0.6 is 0 Å². The number of amides is 7. The molecule has 9 N–H and O–H groups in total. The second kappa shape index (κ2) is 24.5. The van der Waals surface area contributed by atoms with E-state index in [4.69, 9.17) is 10.2 Å². The molecule has 0 bridgehead atoms. The number of Topliss-reactive ketones (excluding diaryl/α,β-unsaturated/α-hetero) is 1. The molecule has 2 rings (SSSR count). The third kappa shape index (κ3) is 16.5. The van der Waals surface area contributed by atoms with E-state index < -0.39 is 133 Å². The molecule has 21 heteroatoms. The lowest BCUT2D eigenvalue weighted by atomic mass is 9.99. The second-order valence-electron chi connectivity index (χ2n) is 14.6. The van der Waals surface area contributed by atoms with Crippen LogP contribution in [0.3, 0.4) is 0 Å². The summed E-state index contributed by atoms with van der Waals surface area (Å²) < 4.78 is 0. The van der Waals surface area contributed by atoms with E-state index >= 15 is 0 Å². The summed E-state index contributed by atoms with van der Waals surface area (Å²) in [4.78, 5) is 141.